The number of benzene rings is 1. The molecule has 0 saturated heterocycles. The van der Waals surface area contributed by atoms with Crippen molar-refractivity contribution in [2.75, 3.05) is 7.11 Å². The molecule has 0 atom stereocenters. The van der Waals surface area contributed by atoms with E-state index in [0.717, 1.165) is 22.7 Å². The molecule has 0 aliphatic rings. The molecule has 0 aliphatic heterocycles. The van der Waals surface area contributed by atoms with Gasteiger partial charge in [-0.1, -0.05) is 12.1 Å². The number of rotatable bonds is 4. The molecule has 0 radical (unpaired) electrons. The Kier molecular flexibility index (Phi) is 4.08. The third-order valence-electron chi connectivity index (χ3n) is 3.35. The molecule has 1 aromatic carbocycles. The fraction of sp³-hybridized carbons (Fsp3) is 0.333. The molecule has 106 valence electrons. The second-order valence-corrected chi connectivity index (χ2v) is 4.70. The number of ether oxygens (including phenoxy) is 1. The summed E-state index contributed by atoms with van der Waals surface area (Å²) in [7, 11) is 3.47. The van der Waals surface area contributed by atoms with Crippen LogP contribution in [0.4, 0.5) is 0 Å². The molecule has 0 saturated carbocycles. The van der Waals surface area contributed by atoms with E-state index < -0.39 is 0 Å². The van der Waals surface area contributed by atoms with Crippen LogP contribution in [0.25, 0.3) is 0 Å². The van der Waals surface area contributed by atoms with E-state index >= 15 is 0 Å². The predicted octanol–water partition coefficient (Wildman–Crippen LogP) is 1.98. The molecular weight excluding hydrogens is 254 g/mol. The van der Waals surface area contributed by atoms with Crippen LogP contribution < -0.4 is 10.1 Å². The number of methoxy groups -OCH3 is 1. The summed E-state index contributed by atoms with van der Waals surface area (Å²) in [6, 6.07) is 7.62. The first-order valence-electron chi connectivity index (χ1n) is 6.44. The smallest absolute Gasteiger partial charge is 0.255 e. The third-order valence-corrected chi connectivity index (χ3v) is 3.35. The van der Waals surface area contributed by atoms with Crippen molar-refractivity contribution in [1.82, 2.24) is 15.1 Å². The predicted molar refractivity (Wildman–Crippen MR) is 76.8 cm³/mol. The molecule has 1 heterocycles. The lowest BCUT2D eigenvalue weighted by atomic mass is 10.1. The van der Waals surface area contributed by atoms with Gasteiger partial charge in [0.15, 0.2) is 0 Å². The molecule has 0 fully saturated rings. The molecule has 0 aliphatic carbocycles. The Morgan fingerprint density at radius 1 is 1.30 bits per heavy atom. The first-order valence-corrected chi connectivity index (χ1v) is 6.44. The first-order chi connectivity index (χ1) is 9.52. The van der Waals surface area contributed by atoms with Crippen LogP contribution in [0.1, 0.15) is 27.3 Å². The summed E-state index contributed by atoms with van der Waals surface area (Å²) in [6.45, 7) is 4.22. The van der Waals surface area contributed by atoms with E-state index in [-0.39, 0.29) is 5.91 Å². The maximum absolute atomic E-state index is 12.2. The van der Waals surface area contributed by atoms with Gasteiger partial charge in [0, 0.05) is 19.3 Å². The van der Waals surface area contributed by atoms with E-state index in [0.29, 0.717) is 12.1 Å². The second-order valence-electron chi connectivity index (χ2n) is 4.70. The fourth-order valence-electron chi connectivity index (χ4n) is 2.12. The Balaban J connectivity index is 2.04. The molecule has 1 aromatic heterocycles. The van der Waals surface area contributed by atoms with Crippen molar-refractivity contribution in [2.24, 2.45) is 7.05 Å². The topological polar surface area (TPSA) is 56.1 Å². The van der Waals surface area contributed by atoms with Crippen LogP contribution in [-0.2, 0) is 13.6 Å². The van der Waals surface area contributed by atoms with Crippen molar-refractivity contribution < 1.29 is 9.53 Å². The van der Waals surface area contributed by atoms with Gasteiger partial charge in [-0.2, -0.15) is 5.10 Å². The quantitative estimate of drug-likeness (QED) is 0.926. The minimum atomic E-state index is -0.0936. The van der Waals surface area contributed by atoms with Gasteiger partial charge >= 0.3 is 0 Å². The van der Waals surface area contributed by atoms with Gasteiger partial charge in [0.05, 0.1) is 18.4 Å². The molecule has 5 heteroatoms. The highest BCUT2D eigenvalue weighted by Gasteiger charge is 2.16. The number of amides is 1. The van der Waals surface area contributed by atoms with E-state index in [1.807, 2.05) is 45.2 Å². The Morgan fingerprint density at radius 2 is 1.95 bits per heavy atom. The van der Waals surface area contributed by atoms with Gasteiger partial charge in [-0.05, 0) is 31.5 Å². The molecule has 2 aromatic rings. The molecule has 2 rings (SSSR count). The van der Waals surface area contributed by atoms with Crippen molar-refractivity contribution >= 4 is 5.91 Å². The number of nitrogens with zero attached hydrogens (tertiary/aromatic N) is 2. The Hall–Kier alpha value is -2.30. The average molecular weight is 273 g/mol. The van der Waals surface area contributed by atoms with Gasteiger partial charge in [0.2, 0.25) is 0 Å². The lowest BCUT2D eigenvalue weighted by molar-refractivity contribution is 0.0949. The zero-order valence-electron chi connectivity index (χ0n) is 12.2. The zero-order chi connectivity index (χ0) is 14.7. The minimum Gasteiger partial charge on any atom is -0.497 e. The molecule has 0 bridgehead atoms. The second kappa shape index (κ2) is 5.77. The number of aromatic nitrogens is 2. The molecule has 5 nitrogen and oxygen atoms in total. The number of carbonyl (C=O) groups is 1. The molecular formula is C15H19N3O2. The van der Waals surface area contributed by atoms with Crippen LogP contribution in [0.3, 0.4) is 0 Å². The summed E-state index contributed by atoms with van der Waals surface area (Å²) in [5, 5.41) is 7.16. The molecule has 1 N–H and O–H groups in total. The summed E-state index contributed by atoms with van der Waals surface area (Å²) in [5.41, 5.74) is 3.30. The van der Waals surface area contributed by atoms with Crippen LogP contribution in [0.5, 0.6) is 5.75 Å². The fourth-order valence-corrected chi connectivity index (χ4v) is 2.12. The van der Waals surface area contributed by atoms with Crippen LogP contribution in [-0.4, -0.2) is 22.8 Å². The Labute approximate surface area is 118 Å². The van der Waals surface area contributed by atoms with Crippen molar-refractivity contribution in [3.8, 4) is 5.75 Å². The lowest BCUT2D eigenvalue weighted by Gasteiger charge is -2.07. The Bertz CT molecular complexity index is 615. The van der Waals surface area contributed by atoms with E-state index in [2.05, 4.69) is 10.4 Å². The average Bonchev–Trinajstić information content (AvgIpc) is 2.70. The highest BCUT2D eigenvalue weighted by molar-refractivity contribution is 5.96. The molecule has 20 heavy (non-hydrogen) atoms. The van der Waals surface area contributed by atoms with Crippen molar-refractivity contribution in [3.05, 3.63) is 46.8 Å². The van der Waals surface area contributed by atoms with Gasteiger partial charge in [0.1, 0.15) is 5.75 Å². The number of carbonyl (C=O) groups excluding carboxylic acids is 1. The van der Waals surface area contributed by atoms with Crippen molar-refractivity contribution in [3.63, 3.8) is 0 Å². The van der Waals surface area contributed by atoms with Gasteiger partial charge < -0.3 is 10.1 Å². The van der Waals surface area contributed by atoms with Gasteiger partial charge in [0.25, 0.3) is 5.91 Å². The summed E-state index contributed by atoms with van der Waals surface area (Å²) < 4.78 is 6.82. The largest absolute Gasteiger partial charge is 0.497 e. The van der Waals surface area contributed by atoms with Gasteiger partial charge in [-0.15, -0.1) is 0 Å². The Morgan fingerprint density at radius 3 is 2.45 bits per heavy atom. The van der Waals surface area contributed by atoms with Crippen LogP contribution in [0.15, 0.2) is 24.3 Å². The summed E-state index contributed by atoms with van der Waals surface area (Å²) in [6.07, 6.45) is 0. The number of hydrogen-bond donors (Lipinski definition) is 1. The van der Waals surface area contributed by atoms with Crippen LogP contribution >= 0.6 is 0 Å². The number of nitrogens with one attached hydrogen (secondary N) is 1. The monoisotopic (exact) mass is 273 g/mol. The number of hydrogen-bond acceptors (Lipinski definition) is 3. The van der Waals surface area contributed by atoms with E-state index in [9.17, 15) is 4.79 Å². The van der Waals surface area contributed by atoms with Gasteiger partial charge in [-0.3, -0.25) is 9.48 Å². The van der Waals surface area contributed by atoms with Crippen LogP contribution in [0, 0.1) is 13.8 Å². The normalized spacial score (nSPS) is 10.4. The minimum absolute atomic E-state index is 0.0936. The maximum atomic E-state index is 12.2. The van der Waals surface area contributed by atoms with E-state index in [4.69, 9.17) is 4.74 Å². The highest BCUT2D eigenvalue weighted by Crippen LogP contribution is 2.13. The standard InChI is InChI=1S/C15H19N3O2/c1-10-14(11(2)18(3)17-10)15(19)16-9-12-5-7-13(20-4)8-6-12/h5-8H,9H2,1-4H3,(H,16,19). The molecule has 0 spiro atoms. The van der Waals surface area contributed by atoms with Gasteiger partial charge in [-0.25, -0.2) is 0 Å². The van der Waals surface area contributed by atoms with Crippen molar-refractivity contribution in [2.45, 2.75) is 20.4 Å². The van der Waals surface area contributed by atoms with Crippen LogP contribution in [0.2, 0.25) is 0 Å². The molecule has 1 amide bonds. The zero-order valence-corrected chi connectivity index (χ0v) is 12.2. The third kappa shape index (κ3) is 2.82. The van der Waals surface area contributed by atoms with E-state index in [1.54, 1.807) is 11.8 Å². The summed E-state index contributed by atoms with van der Waals surface area (Å²) in [5.74, 6) is 0.711. The van der Waals surface area contributed by atoms with Crippen molar-refractivity contribution in [1.29, 1.82) is 0 Å². The first kappa shape index (κ1) is 14.1. The lowest BCUT2D eigenvalue weighted by Crippen LogP contribution is -2.24. The number of aryl methyl sites for hydroxylation is 2. The highest BCUT2D eigenvalue weighted by atomic mass is 16.5. The maximum Gasteiger partial charge on any atom is 0.255 e. The van der Waals surface area contributed by atoms with E-state index in [1.165, 1.54) is 0 Å². The molecule has 0 unspecified atom stereocenters. The SMILES string of the molecule is COc1ccc(CNC(=O)c2c(C)nn(C)c2C)cc1. The summed E-state index contributed by atoms with van der Waals surface area (Å²) in [4.78, 5) is 12.2. The summed E-state index contributed by atoms with van der Waals surface area (Å²) >= 11 is 0.